The average molecular weight is 323 g/mol. The molecule has 8 heteroatoms. The minimum atomic E-state index is -0.377. The number of hydrogen-bond acceptors (Lipinski definition) is 6. The molecule has 0 radical (unpaired) electrons. The lowest BCUT2D eigenvalue weighted by Crippen LogP contribution is -2.29. The average Bonchev–Trinajstić information content (AvgIpc) is 3.25. The third kappa shape index (κ3) is 1.65. The highest BCUT2D eigenvalue weighted by Gasteiger charge is 2.44. The summed E-state index contributed by atoms with van der Waals surface area (Å²) in [6.45, 7) is 0. The van der Waals surface area contributed by atoms with E-state index in [0.29, 0.717) is 35.3 Å². The van der Waals surface area contributed by atoms with Crippen LogP contribution in [0.15, 0.2) is 32.6 Å². The van der Waals surface area contributed by atoms with Gasteiger partial charge >= 0.3 is 0 Å². The molecule has 1 aromatic carbocycles. The molecule has 2 aromatic heterocycles. The predicted octanol–water partition coefficient (Wildman–Crippen LogP) is 1.45. The molecule has 2 unspecified atom stereocenters. The summed E-state index contributed by atoms with van der Waals surface area (Å²) in [6.07, 6.45) is 1.12. The Labute approximate surface area is 135 Å². The van der Waals surface area contributed by atoms with Crippen molar-refractivity contribution in [3.05, 3.63) is 39.7 Å². The van der Waals surface area contributed by atoms with Crippen molar-refractivity contribution in [2.75, 3.05) is 0 Å². The van der Waals surface area contributed by atoms with Crippen molar-refractivity contribution < 1.29 is 9.42 Å². The summed E-state index contributed by atoms with van der Waals surface area (Å²) in [5, 5.41) is 10.4. The van der Waals surface area contributed by atoms with Gasteiger partial charge < -0.3 is 0 Å². The lowest BCUT2D eigenvalue weighted by Gasteiger charge is -2.26. The lowest BCUT2D eigenvalue weighted by molar-refractivity contribution is -0.120. The summed E-state index contributed by atoms with van der Waals surface area (Å²) in [7, 11) is 1.75. The van der Waals surface area contributed by atoms with Gasteiger partial charge in [0, 0.05) is 25.1 Å². The highest BCUT2D eigenvalue weighted by Crippen LogP contribution is 2.44. The molecule has 0 amide bonds. The summed E-state index contributed by atoms with van der Waals surface area (Å²) in [6, 6.07) is 5.51. The van der Waals surface area contributed by atoms with Gasteiger partial charge in [0.15, 0.2) is 5.82 Å². The number of aromatic amines is 1. The zero-order chi connectivity index (χ0) is 16.4. The smallest absolute Gasteiger partial charge is 0.270 e. The molecule has 1 saturated carbocycles. The maximum absolute atomic E-state index is 12.5. The van der Waals surface area contributed by atoms with E-state index in [1.807, 2.05) is 12.1 Å². The van der Waals surface area contributed by atoms with E-state index in [4.69, 9.17) is 4.63 Å². The van der Waals surface area contributed by atoms with Crippen molar-refractivity contribution in [3.63, 3.8) is 0 Å². The largest absolute Gasteiger partial charge is 0.299 e. The molecule has 2 atom stereocenters. The summed E-state index contributed by atoms with van der Waals surface area (Å²) < 4.78 is 6.37. The van der Waals surface area contributed by atoms with Crippen LogP contribution in [-0.4, -0.2) is 31.6 Å². The van der Waals surface area contributed by atoms with Gasteiger partial charge in [0.25, 0.3) is 5.56 Å². The first-order chi connectivity index (χ1) is 11.6. The molecule has 8 nitrogen and oxygen atoms in total. The zero-order valence-corrected chi connectivity index (χ0v) is 12.8. The van der Waals surface area contributed by atoms with Crippen LogP contribution in [0.3, 0.4) is 0 Å². The van der Waals surface area contributed by atoms with Crippen LogP contribution in [0.5, 0.6) is 0 Å². The quantitative estimate of drug-likeness (QED) is 0.729. The van der Waals surface area contributed by atoms with Gasteiger partial charge in [0.2, 0.25) is 0 Å². The Morgan fingerprint density at radius 2 is 2.00 bits per heavy atom. The molecule has 1 N–H and O–H groups in total. The first-order valence-electron chi connectivity index (χ1n) is 7.75. The Kier molecular flexibility index (Phi) is 2.51. The Morgan fingerprint density at radius 1 is 1.17 bits per heavy atom. The van der Waals surface area contributed by atoms with Gasteiger partial charge in [-0.25, -0.2) is 9.62 Å². The third-order valence-electron chi connectivity index (χ3n) is 4.94. The van der Waals surface area contributed by atoms with Crippen molar-refractivity contribution in [3.8, 4) is 0 Å². The van der Waals surface area contributed by atoms with Gasteiger partial charge in [0.1, 0.15) is 16.8 Å². The van der Waals surface area contributed by atoms with Crippen LogP contribution in [0.4, 0.5) is 5.82 Å². The number of aromatic nitrogens is 4. The van der Waals surface area contributed by atoms with Gasteiger partial charge in [-0.2, -0.15) is 0 Å². The van der Waals surface area contributed by atoms with E-state index < -0.39 is 0 Å². The molecular formula is C16H13N5O3. The highest BCUT2D eigenvalue weighted by molar-refractivity contribution is 6.14. The topological polar surface area (TPSA) is 106 Å². The summed E-state index contributed by atoms with van der Waals surface area (Å²) in [5.41, 5.74) is 3.28. The number of ketones is 1. The molecule has 1 fully saturated rings. The van der Waals surface area contributed by atoms with Crippen molar-refractivity contribution in [1.82, 2.24) is 20.1 Å². The molecule has 24 heavy (non-hydrogen) atoms. The number of nitrogens with zero attached hydrogens (tertiary/aromatic N) is 4. The molecule has 0 spiro atoms. The minimum Gasteiger partial charge on any atom is -0.299 e. The summed E-state index contributed by atoms with van der Waals surface area (Å²) in [5.74, 6) is 0.00205. The molecule has 5 rings (SSSR count). The first kappa shape index (κ1) is 13.4. The van der Waals surface area contributed by atoms with E-state index in [9.17, 15) is 9.59 Å². The number of Topliss-reactive ketones (excluding diaryl/α,β-unsaturated/α-hetero) is 1. The van der Waals surface area contributed by atoms with E-state index in [1.54, 1.807) is 17.8 Å². The highest BCUT2D eigenvalue weighted by atomic mass is 16.6. The monoisotopic (exact) mass is 323 g/mol. The number of benzene rings is 1. The molecule has 3 heterocycles. The molecule has 0 saturated heterocycles. The molecule has 1 aliphatic carbocycles. The van der Waals surface area contributed by atoms with Crippen LogP contribution in [0.2, 0.25) is 0 Å². The van der Waals surface area contributed by atoms with E-state index in [2.05, 4.69) is 20.4 Å². The van der Waals surface area contributed by atoms with Crippen LogP contribution in [0, 0.1) is 5.92 Å². The number of fused-ring (bicyclic) bond motifs is 3. The number of H-pyrrole nitrogens is 1. The number of aliphatic imine (C=N–C) groups is 1. The molecule has 1 aliphatic heterocycles. The molecular weight excluding hydrogens is 310 g/mol. The van der Waals surface area contributed by atoms with Gasteiger partial charge in [-0.1, -0.05) is 6.07 Å². The number of aryl methyl sites for hydroxylation is 1. The van der Waals surface area contributed by atoms with Gasteiger partial charge in [-0.05, 0) is 34.4 Å². The Balaban J connectivity index is 1.79. The van der Waals surface area contributed by atoms with E-state index in [0.717, 1.165) is 11.3 Å². The van der Waals surface area contributed by atoms with Crippen molar-refractivity contribution in [2.24, 2.45) is 18.0 Å². The van der Waals surface area contributed by atoms with Crippen LogP contribution >= 0.6 is 0 Å². The predicted molar refractivity (Wildman–Crippen MR) is 84.5 cm³/mol. The number of nitrogens with one attached hydrogen (secondary N) is 1. The molecule has 120 valence electrons. The fourth-order valence-corrected chi connectivity index (χ4v) is 3.87. The number of hydrogen-bond donors (Lipinski definition) is 1. The molecule has 0 bridgehead atoms. The fraction of sp³-hybridized carbons (Fsp3) is 0.312. The van der Waals surface area contributed by atoms with Crippen LogP contribution < -0.4 is 5.56 Å². The Bertz CT molecular complexity index is 1090. The van der Waals surface area contributed by atoms with Crippen molar-refractivity contribution in [2.45, 2.75) is 18.8 Å². The minimum absolute atomic E-state index is 0.131. The van der Waals surface area contributed by atoms with Crippen molar-refractivity contribution >= 4 is 28.3 Å². The normalized spacial score (nSPS) is 22.5. The maximum atomic E-state index is 12.5. The van der Waals surface area contributed by atoms with Gasteiger partial charge in [-0.3, -0.25) is 19.4 Å². The lowest BCUT2D eigenvalue weighted by atomic mass is 9.77. The number of carbonyl (C=O) groups excluding carboxylic acids is 1. The molecule has 2 aliphatic rings. The maximum Gasteiger partial charge on any atom is 0.270 e. The molecule has 3 aromatic rings. The van der Waals surface area contributed by atoms with E-state index in [-0.39, 0.29) is 23.2 Å². The second-order valence-electron chi connectivity index (χ2n) is 6.27. The second-order valence-corrected chi connectivity index (χ2v) is 6.27. The van der Waals surface area contributed by atoms with Crippen LogP contribution in [0.25, 0.3) is 11.0 Å². The van der Waals surface area contributed by atoms with Crippen LogP contribution in [-0.2, 0) is 11.8 Å². The first-order valence-corrected chi connectivity index (χ1v) is 7.75. The zero-order valence-electron chi connectivity index (χ0n) is 12.8. The van der Waals surface area contributed by atoms with Crippen LogP contribution in [0.1, 0.15) is 29.9 Å². The SMILES string of the molecule is Cn1[nH]c(=O)c2c1N=C1CCC(=O)C1C2c1ccc2nonc2c1. The van der Waals surface area contributed by atoms with E-state index in [1.165, 1.54) is 0 Å². The number of rotatable bonds is 1. The van der Waals surface area contributed by atoms with Gasteiger partial charge in [-0.15, -0.1) is 0 Å². The number of carbonyl (C=O) groups is 1. The second kappa shape index (κ2) is 4.50. The standard InChI is InChI=1S/C16H13N5O3/c1-21-15-14(16(23)18-21)12(13-9(17-15)4-5-11(13)22)7-2-3-8-10(6-7)20-24-19-8/h2-3,6,12-13H,4-5H2,1H3,(H,18,23). The van der Waals surface area contributed by atoms with Crippen molar-refractivity contribution in [1.29, 1.82) is 0 Å². The third-order valence-corrected chi connectivity index (χ3v) is 4.94. The van der Waals surface area contributed by atoms with Gasteiger partial charge in [0.05, 0.1) is 11.5 Å². The van der Waals surface area contributed by atoms with E-state index >= 15 is 0 Å². The fourth-order valence-electron chi connectivity index (χ4n) is 3.87. The Morgan fingerprint density at radius 3 is 2.88 bits per heavy atom. The Hall–Kier alpha value is -3.03. The summed E-state index contributed by atoms with van der Waals surface area (Å²) >= 11 is 0. The summed E-state index contributed by atoms with van der Waals surface area (Å²) in [4.78, 5) is 29.5.